The van der Waals surface area contributed by atoms with Gasteiger partial charge in [0.1, 0.15) is 9.88 Å². The maximum atomic E-state index is 11.8. The van der Waals surface area contributed by atoms with Crippen molar-refractivity contribution in [1.29, 1.82) is 0 Å². The molecule has 2 atom stereocenters. The second-order valence-electron chi connectivity index (χ2n) is 4.84. The van der Waals surface area contributed by atoms with Crippen LogP contribution in [0.4, 0.5) is 10.7 Å². The number of thioether (sulfide) groups is 1. The Labute approximate surface area is 127 Å². The second kappa shape index (κ2) is 6.24. The van der Waals surface area contributed by atoms with Gasteiger partial charge in [0.05, 0.1) is 29.9 Å². The Balaban J connectivity index is 2.38. The summed E-state index contributed by atoms with van der Waals surface area (Å²) in [6.07, 6.45) is 2.30. The Morgan fingerprint density at radius 2 is 2.05 bits per heavy atom. The third-order valence-electron chi connectivity index (χ3n) is 3.16. The summed E-state index contributed by atoms with van der Waals surface area (Å²) in [6, 6.07) is 0. The van der Waals surface area contributed by atoms with Crippen LogP contribution < -0.4 is 10.6 Å². The molecule has 20 heavy (non-hydrogen) atoms. The number of ether oxygens (including phenoxy) is 2. The average Bonchev–Trinajstić information content (AvgIpc) is 2.73. The number of carbonyl (C=O) groups excluding carboxylic acids is 1. The van der Waals surface area contributed by atoms with Gasteiger partial charge in [-0.05, 0) is 20.1 Å². The lowest BCUT2D eigenvalue weighted by atomic mass is 10.2. The molecule has 5 nitrogen and oxygen atoms in total. The summed E-state index contributed by atoms with van der Waals surface area (Å²) in [4.78, 5) is 15.5. The Bertz CT molecular complexity index is 494. The fourth-order valence-corrected chi connectivity index (χ4v) is 4.53. The van der Waals surface area contributed by atoms with E-state index in [4.69, 9.17) is 15.2 Å². The first kappa shape index (κ1) is 15.5. The smallest absolute Gasteiger partial charge is 0.350 e. The van der Waals surface area contributed by atoms with Crippen molar-refractivity contribution in [3.05, 3.63) is 4.88 Å². The van der Waals surface area contributed by atoms with E-state index in [2.05, 4.69) is 18.7 Å². The average molecular weight is 316 g/mol. The Hall–Kier alpha value is -0.920. The van der Waals surface area contributed by atoms with Gasteiger partial charge in [0.25, 0.3) is 0 Å². The van der Waals surface area contributed by atoms with E-state index in [9.17, 15) is 4.79 Å². The highest BCUT2D eigenvalue weighted by molar-refractivity contribution is 7.99. The molecule has 7 heteroatoms. The molecule has 0 radical (unpaired) electrons. The van der Waals surface area contributed by atoms with Crippen LogP contribution in [-0.2, 0) is 9.47 Å². The summed E-state index contributed by atoms with van der Waals surface area (Å²) >= 11 is 2.97. The molecule has 1 fully saturated rings. The summed E-state index contributed by atoms with van der Waals surface area (Å²) in [7, 11) is 1.37. The minimum absolute atomic E-state index is 0.165. The first-order valence-electron chi connectivity index (χ1n) is 6.42. The van der Waals surface area contributed by atoms with Gasteiger partial charge in [-0.1, -0.05) is 0 Å². The van der Waals surface area contributed by atoms with Crippen molar-refractivity contribution in [2.45, 2.75) is 31.0 Å². The third-order valence-corrected chi connectivity index (χ3v) is 5.36. The predicted molar refractivity (Wildman–Crippen MR) is 84.1 cm³/mol. The van der Waals surface area contributed by atoms with E-state index in [0.717, 1.165) is 23.0 Å². The maximum Gasteiger partial charge on any atom is 0.350 e. The number of thiophene rings is 1. The molecule has 0 spiro atoms. The summed E-state index contributed by atoms with van der Waals surface area (Å²) in [5.41, 5.74) is 6.62. The van der Waals surface area contributed by atoms with Gasteiger partial charge in [0.15, 0.2) is 0 Å². The van der Waals surface area contributed by atoms with Gasteiger partial charge in [0, 0.05) is 13.1 Å². The second-order valence-corrected chi connectivity index (χ2v) is 6.65. The SMILES string of the molecule is COC(=O)c1sc(N2C[C@@H](C)O[C@@H](C)C2)c(SC)c1N. The first-order valence-corrected chi connectivity index (χ1v) is 8.47. The molecule has 1 aromatic heterocycles. The number of esters is 1. The topological polar surface area (TPSA) is 64.8 Å². The van der Waals surface area contributed by atoms with Crippen LogP contribution in [-0.4, -0.2) is 44.6 Å². The molecule has 1 aliphatic rings. The van der Waals surface area contributed by atoms with Crippen molar-refractivity contribution in [2.24, 2.45) is 0 Å². The summed E-state index contributed by atoms with van der Waals surface area (Å²) in [6.45, 7) is 5.72. The zero-order chi connectivity index (χ0) is 14.9. The van der Waals surface area contributed by atoms with Crippen molar-refractivity contribution in [1.82, 2.24) is 0 Å². The fraction of sp³-hybridized carbons (Fsp3) is 0.615. The number of hydrogen-bond acceptors (Lipinski definition) is 7. The highest BCUT2D eigenvalue weighted by atomic mass is 32.2. The van der Waals surface area contributed by atoms with Gasteiger partial charge in [0.2, 0.25) is 0 Å². The molecule has 1 saturated heterocycles. The largest absolute Gasteiger partial charge is 0.465 e. The van der Waals surface area contributed by atoms with Crippen molar-refractivity contribution < 1.29 is 14.3 Å². The number of rotatable bonds is 3. The van der Waals surface area contributed by atoms with Gasteiger partial charge in [-0.15, -0.1) is 23.1 Å². The van der Waals surface area contributed by atoms with Crippen LogP contribution in [0, 0.1) is 0 Å². The van der Waals surface area contributed by atoms with E-state index < -0.39 is 0 Å². The number of nitrogen functional groups attached to an aromatic ring is 1. The van der Waals surface area contributed by atoms with Crippen molar-refractivity contribution in [3.63, 3.8) is 0 Å². The molecule has 0 saturated carbocycles. The molecule has 2 rings (SSSR count). The quantitative estimate of drug-likeness (QED) is 0.682. The molecule has 1 aromatic rings. The lowest BCUT2D eigenvalue weighted by Gasteiger charge is -2.36. The van der Waals surface area contributed by atoms with Crippen LogP contribution >= 0.6 is 23.1 Å². The van der Waals surface area contributed by atoms with Crippen LogP contribution in [0.1, 0.15) is 23.5 Å². The van der Waals surface area contributed by atoms with Crippen molar-refractivity contribution >= 4 is 39.8 Å². The molecule has 112 valence electrons. The summed E-state index contributed by atoms with van der Waals surface area (Å²) in [5.74, 6) is -0.372. The number of carbonyl (C=O) groups is 1. The molecular formula is C13H20N2O3S2. The van der Waals surface area contributed by atoms with Gasteiger partial charge in [-0.25, -0.2) is 4.79 Å². The molecule has 1 aliphatic heterocycles. The fourth-order valence-electron chi connectivity index (χ4n) is 2.41. The zero-order valence-electron chi connectivity index (χ0n) is 12.1. The molecule has 0 unspecified atom stereocenters. The van der Waals surface area contributed by atoms with Crippen molar-refractivity contribution in [2.75, 3.05) is 37.1 Å². The highest BCUT2D eigenvalue weighted by Crippen LogP contribution is 2.44. The lowest BCUT2D eigenvalue weighted by molar-refractivity contribution is -0.00513. The Kier molecular flexibility index (Phi) is 4.82. The maximum absolute atomic E-state index is 11.8. The van der Waals surface area contributed by atoms with Crippen LogP contribution in [0.3, 0.4) is 0 Å². The number of nitrogens with two attached hydrogens (primary N) is 1. The number of nitrogens with zero attached hydrogens (tertiary/aromatic N) is 1. The van der Waals surface area contributed by atoms with Crippen LogP contribution in [0.5, 0.6) is 0 Å². The predicted octanol–water partition coefficient (Wildman–Crippen LogP) is 2.45. The minimum atomic E-state index is -0.372. The number of hydrogen-bond donors (Lipinski definition) is 1. The number of methoxy groups -OCH3 is 1. The molecule has 2 heterocycles. The molecule has 0 bridgehead atoms. The normalized spacial score (nSPS) is 22.9. The Morgan fingerprint density at radius 3 is 2.55 bits per heavy atom. The van der Waals surface area contributed by atoms with Crippen LogP contribution in [0.15, 0.2) is 4.90 Å². The van der Waals surface area contributed by atoms with Gasteiger partial charge < -0.3 is 20.1 Å². The molecule has 0 aromatic carbocycles. The lowest BCUT2D eigenvalue weighted by Crippen LogP contribution is -2.45. The van der Waals surface area contributed by atoms with E-state index in [1.54, 1.807) is 11.8 Å². The molecule has 0 amide bonds. The number of anilines is 2. The minimum Gasteiger partial charge on any atom is -0.465 e. The highest BCUT2D eigenvalue weighted by Gasteiger charge is 2.29. The van der Waals surface area contributed by atoms with Gasteiger partial charge >= 0.3 is 5.97 Å². The standard InChI is InChI=1S/C13H20N2O3S2/c1-7-5-15(6-8(2)18-7)12-10(19-4)9(14)11(20-12)13(16)17-3/h7-8H,5-6,14H2,1-4H3/t7-,8+. The van der Waals surface area contributed by atoms with E-state index in [1.165, 1.54) is 18.4 Å². The number of morpholine rings is 1. The molecule has 2 N–H and O–H groups in total. The molecular weight excluding hydrogens is 296 g/mol. The van der Waals surface area contributed by atoms with Gasteiger partial charge in [-0.2, -0.15) is 0 Å². The van der Waals surface area contributed by atoms with Gasteiger partial charge in [-0.3, -0.25) is 0 Å². The first-order chi connectivity index (χ1) is 9.47. The van der Waals surface area contributed by atoms with Crippen LogP contribution in [0.25, 0.3) is 0 Å². The van der Waals surface area contributed by atoms with E-state index in [0.29, 0.717) is 10.6 Å². The Morgan fingerprint density at radius 1 is 1.45 bits per heavy atom. The van der Waals surface area contributed by atoms with E-state index in [-0.39, 0.29) is 18.2 Å². The summed E-state index contributed by atoms with van der Waals surface area (Å²) < 4.78 is 10.5. The van der Waals surface area contributed by atoms with Crippen LogP contribution in [0.2, 0.25) is 0 Å². The zero-order valence-corrected chi connectivity index (χ0v) is 13.8. The monoisotopic (exact) mass is 316 g/mol. The van der Waals surface area contributed by atoms with Crippen molar-refractivity contribution in [3.8, 4) is 0 Å². The third kappa shape index (κ3) is 2.89. The summed E-state index contributed by atoms with van der Waals surface area (Å²) in [5, 5.41) is 1.04. The van der Waals surface area contributed by atoms with E-state index >= 15 is 0 Å². The molecule has 0 aliphatic carbocycles. The van der Waals surface area contributed by atoms with E-state index in [1.807, 2.05) is 6.26 Å².